The second-order valence-electron chi connectivity index (χ2n) is 3.35. The Kier molecular flexibility index (Phi) is 4.20. The number of aromatic nitrogens is 1. The molecule has 4 nitrogen and oxygen atoms in total. The van der Waals surface area contributed by atoms with Gasteiger partial charge in [0.25, 0.3) is 0 Å². The van der Waals surface area contributed by atoms with Crippen LogP contribution in [0.25, 0.3) is 0 Å². The zero-order valence-electron chi connectivity index (χ0n) is 9.11. The van der Waals surface area contributed by atoms with Crippen molar-refractivity contribution in [1.29, 1.82) is 0 Å². The van der Waals surface area contributed by atoms with Crippen LogP contribution in [0.1, 0.15) is 30.4 Å². The molecule has 0 saturated carbocycles. The number of carbonyl (C=O) groups is 1. The van der Waals surface area contributed by atoms with E-state index in [0.717, 1.165) is 17.0 Å². The van der Waals surface area contributed by atoms with Crippen LogP contribution in [0.2, 0.25) is 0 Å². The van der Waals surface area contributed by atoms with E-state index in [1.54, 1.807) is 0 Å². The molecule has 0 fully saturated rings. The Morgan fingerprint density at radius 3 is 2.67 bits per heavy atom. The van der Waals surface area contributed by atoms with Crippen LogP contribution in [0.3, 0.4) is 0 Å². The van der Waals surface area contributed by atoms with Gasteiger partial charge in [-0.15, -0.1) is 11.8 Å². The Balaban J connectivity index is 2.60. The molecule has 1 N–H and O–H groups in total. The lowest BCUT2D eigenvalue weighted by Gasteiger charge is -2.08. The van der Waals surface area contributed by atoms with Crippen LogP contribution in [-0.4, -0.2) is 21.5 Å². The lowest BCUT2D eigenvalue weighted by molar-refractivity contribution is -0.136. The molecular weight excluding hydrogens is 214 g/mol. The van der Waals surface area contributed by atoms with Crippen LogP contribution in [0.15, 0.2) is 4.52 Å². The quantitative estimate of drug-likeness (QED) is 0.839. The summed E-state index contributed by atoms with van der Waals surface area (Å²) in [4.78, 5) is 10.8. The van der Waals surface area contributed by atoms with Crippen LogP contribution in [0.5, 0.6) is 0 Å². The number of hydrogen-bond donors (Lipinski definition) is 1. The summed E-state index contributed by atoms with van der Waals surface area (Å²) >= 11 is 1.42. The van der Waals surface area contributed by atoms with Crippen molar-refractivity contribution in [1.82, 2.24) is 5.16 Å². The first kappa shape index (κ1) is 12.1. The maximum Gasteiger partial charge on any atom is 0.316 e. The molecule has 0 radical (unpaired) electrons. The maximum atomic E-state index is 10.8. The van der Waals surface area contributed by atoms with Crippen molar-refractivity contribution < 1.29 is 14.4 Å². The zero-order valence-corrected chi connectivity index (χ0v) is 9.93. The van der Waals surface area contributed by atoms with E-state index in [2.05, 4.69) is 5.16 Å². The molecule has 0 aliphatic carbocycles. The standard InChI is InChI=1S/C10H15NO3S/c1-4-9(10(12)13)15-5-8-6(2)11-14-7(8)3/h9H,4-5H2,1-3H3,(H,12,13). The van der Waals surface area contributed by atoms with Crippen LogP contribution >= 0.6 is 11.8 Å². The first-order valence-corrected chi connectivity index (χ1v) is 5.87. The first-order valence-electron chi connectivity index (χ1n) is 4.82. The summed E-state index contributed by atoms with van der Waals surface area (Å²) in [6, 6.07) is 0. The number of aliphatic carboxylic acids is 1. The van der Waals surface area contributed by atoms with Gasteiger partial charge in [-0.2, -0.15) is 0 Å². The fourth-order valence-corrected chi connectivity index (χ4v) is 2.41. The molecule has 0 aliphatic heterocycles. The number of thioether (sulfide) groups is 1. The van der Waals surface area contributed by atoms with Gasteiger partial charge in [-0.3, -0.25) is 4.79 Å². The first-order chi connectivity index (χ1) is 7.06. The van der Waals surface area contributed by atoms with Crippen molar-refractivity contribution in [2.45, 2.75) is 38.2 Å². The summed E-state index contributed by atoms with van der Waals surface area (Å²) in [6.07, 6.45) is 0.628. The van der Waals surface area contributed by atoms with E-state index >= 15 is 0 Å². The van der Waals surface area contributed by atoms with Gasteiger partial charge in [0.2, 0.25) is 0 Å². The van der Waals surface area contributed by atoms with E-state index in [1.165, 1.54) is 11.8 Å². The fraction of sp³-hybridized carbons (Fsp3) is 0.600. The van der Waals surface area contributed by atoms with Gasteiger partial charge in [-0.05, 0) is 20.3 Å². The normalized spacial score (nSPS) is 12.7. The van der Waals surface area contributed by atoms with E-state index in [0.29, 0.717) is 12.2 Å². The van der Waals surface area contributed by atoms with Crippen molar-refractivity contribution in [2.75, 3.05) is 0 Å². The molecule has 1 rings (SSSR count). The number of rotatable bonds is 5. The zero-order chi connectivity index (χ0) is 11.4. The van der Waals surface area contributed by atoms with Crippen LogP contribution in [0.4, 0.5) is 0 Å². The minimum atomic E-state index is -0.755. The van der Waals surface area contributed by atoms with Crippen LogP contribution < -0.4 is 0 Å². The van der Waals surface area contributed by atoms with Crippen molar-refractivity contribution in [3.8, 4) is 0 Å². The average molecular weight is 229 g/mol. The Morgan fingerprint density at radius 1 is 1.60 bits per heavy atom. The molecule has 1 aromatic rings. The lowest BCUT2D eigenvalue weighted by atomic mass is 10.2. The van der Waals surface area contributed by atoms with Gasteiger partial charge < -0.3 is 9.63 Å². The van der Waals surface area contributed by atoms with Gasteiger partial charge in [0.05, 0.1) is 5.69 Å². The molecule has 0 bridgehead atoms. The van der Waals surface area contributed by atoms with E-state index in [9.17, 15) is 4.79 Å². The van der Waals surface area contributed by atoms with E-state index in [4.69, 9.17) is 9.63 Å². The molecule has 0 saturated heterocycles. The minimum absolute atomic E-state index is 0.348. The van der Waals surface area contributed by atoms with Crippen molar-refractivity contribution in [3.05, 3.63) is 17.0 Å². The molecule has 0 aromatic carbocycles. The highest BCUT2D eigenvalue weighted by Crippen LogP contribution is 2.24. The number of carboxylic acids is 1. The molecule has 0 amide bonds. The number of carboxylic acid groups (broad SMARTS) is 1. The second kappa shape index (κ2) is 5.21. The summed E-state index contributed by atoms with van der Waals surface area (Å²) in [7, 11) is 0. The summed E-state index contributed by atoms with van der Waals surface area (Å²) < 4.78 is 5.01. The fourth-order valence-electron chi connectivity index (χ4n) is 1.26. The Morgan fingerprint density at radius 2 is 2.27 bits per heavy atom. The smallest absolute Gasteiger partial charge is 0.316 e. The lowest BCUT2D eigenvalue weighted by Crippen LogP contribution is -2.15. The number of nitrogens with zero attached hydrogens (tertiary/aromatic N) is 1. The molecule has 1 atom stereocenters. The van der Waals surface area contributed by atoms with Crippen molar-refractivity contribution in [2.24, 2.45) is 0 Å². The third-order valence-electron chi connectivity index (χ3n) is 2.26. The monoisotopic (exact) mass is 229 g/mol. The molecule has 15 heavy (non-hydrogen) atoms. The third-order valence-corrected chi connectivity index (χ3v) is 3.65. The minimum Gasteiger partial charge on any atom is -0.480 e. The summed E-state index contributed by atoms with van der Waals surface area (Å²) in [5, 5.41) is 12.4. The molecule has 5 heteroatoms. The van der Waals surface area contributed by atoms with Gasteiger partial charge in [0.1, 0.15) is 11.0 Å². The number of aryl methyl sites for hydroxylation is 2. The van der Waals surface area contributed by atoms with Gasteiger partial charge >= 0.3 is 5.97 Å². The molecule has 0 aliphatic rings. The van der Waals surface area contributed by atoms with Gasteiger partial charge in [-0.1, -0.05) is 12.1 Å². The van der Waals surface area contributed by atoms with Crippen LogP contribution in [0, 0.1) is 13.8 Å². The Labute approximate surface area is 93.0 Å². The molecule has 1 aromatic heterocycles. The molecular formula is C10H15NO3S. The average Bonchev–Trinajstić information content (AvgIpc) is 2.49. The highest BCUT2D eigenvalue weighted by atomic mass is 32.2. The number of hydrogen-bond acceptors (Lipinski definition) is 4. The summed E-state index contributed by atoms with van der Waals surface area (Å²) in [5.41, 5.74) is 1.86. The summed E-state index contributed by atoms with van der Waals surface area (Å²) in [6.45, 7) is 5.59. The predicted molar refractivity (Wildman–Crippen MR) is 59.0 cm³/mol. The van der Waals surface area contributed by atoms with E-state index in [1.807, 2.05) is 20.8 Å². The van der Waals surface area contributed by atoms with Gasteiger partial charge in [0, 0.05) is 11.3 Å². The molecule has 1 unspecified atom stereocenters. The Hall–Kier alpha value is -0.970. The van der Waals surface area contributed by atoms with Gasteiger partial charge in [0.15, 0.2) is 0 Å². The molecule has 1 heterocycles. The molecule has 84 valence electrons. The molecule has 0 spiro atoms. The highest BCUT2D eigenvalue weighted by Gasteiger charge is 2.17. The Bertz CT molecular complexity index is 329. The van der Waals surface area contributed by atoms with E-state index < -0.39 is 5.97 Å². The maximum absolute atomic E-state index is 10.8. The highest BCUT2D eigenvalue weighted by molar-refractivity contribution is 7.99. The van der Waals surface area contributed by atoms with Crippen molar-refractivity contribution in [3.63, 3.8) is 0 Å². The summed E-state index contributed by atoms with van der Waals surface area (Å²) in [5.74, 6) is 0.668. The van der Waals surface area contributed by atoms with Crippen LogP contribution in [-0.2, 0) is 10.5 Å². The predicted octanol–water partition coefficient (Wildman–Crippen LogP) is 2.39. The topological polar surface area (TPSA) is 63.3 Å². The third kappa shape index (κ3) is 2.99. The largest absolute Gasteiger partial charge is 0.480 e. The second-order valence-corrected chi connectivity index (χ2v) is 4.54. The van der Waals surface area contributed by atoms with E-state index in [-0.39, 0.29) is 5.25 Å². The SMILES string of the molecule is CCC(SCc1c(C)noc1C)C(=O)O. The van der Waals surface area contributed by atoms with Crippen molar-refractivity contribution >= 4 is 17.7 Å². The van der Waals surface area contributed by atoms with Gasteiger partial charge in [-0.25, -0.2) is 0 Å².